The van der Waals surface area contributed by atoms with E-state index in [2.05, 4.69) is 45.3 Å². The number of aromatic nitrogens is 1. The molecule has 186 valence electrons. The van der Waals surface area contributed by atoms with E-state index in [1.807, 2.05) is 19.1 Å². The normalized spacial score (nSPS) is 23.7. The molecule has 2 aliphatic heterocycles. The van der Waals surface area contributed by atoms with Crippen molar-refractivity contribution in [1.29, 1.82) is 0 Å². The van der Waals surface area contributed by atoms with Gasteiger partial charge in [0.25, 0.3) is 0 Å². The van der Waals surface area contributed by atoms with Crippen LogP contribution in [0, 0.1) is 17.7 Å². The third-order valence-corrected chi connectivity index (χ3v) is 8.45. The predicted molar refractivity (Wildman–Crippen MR) is 143 cm³/mol. The van der Waals surface area contributed by atoms with Crippen LogP contribution in [0.3, 0.4) is 0 Å². The van der Waals surface area contributed by atoms with E-state index in [0.717, 1.165) is 30.5 Å². The summed E-state index contributed by atoms with van der Waals surface area (Å²) in [5, 5.41) is 3.85. The van der Waals surface area contributed by atoms with Crippen molar-refractivity contribution in [3.63, 3.8) is 0 Å². The zero-order valence-electron chi connectivity index (χ0n) is 21.0. The largest absolute Gasteiger partial charge is 0.361 e. The number of hydrogen-bond acceptors (Lipinski definition) is 1. The number of hydrogen-bond donors (Lipinski definition) is 2. The molecular formula is C31H35FN3O+. The molecule has 1 saturated carbocycles. The van der Waals surface area contributed by atoms with Gasteiger partial charge in [-0.2, -0.15) is 4.58 Å². The number of amides is 1. The molecule has 0 bridgehead atoms. The minimum Gasteiger partial charge on any atom is -0.361 e. The SMILES string of the molecule is CCC(=O)NC1CCC(CC2CCCC3=[N+](C=C2c2ccc(-c4ccc5[nH]ccc5c4F)cc2)C3)C1. The fraction of sp³-hybridized carbons (Fsp3) is 0.419. The Labute approximate surface area is 212 Å². The predicted octanol–water partition coefficient (Wildman–Crippen LogP) is 6.67. The molecule has 2 N–H and O–H groups in total. The van der Waals surface area contributed by atoms with Crippen LogP contribution < -0.4 is 5.32 Å². The first-order valence-corrected chi connectivity index (χ1v) is 13.6. The van der Waals surface area contributed by atoms with E-state index < -0.39 is 0 Å². The fourth-order valence-corrected chi connectivity index (χ4v) is 6.37. The molecule has 1 aromatic heterocycles. The molecule has 3 aliphatic rings. The van der Waals surface area contributed by atoms with Crippen molar-refractivity contribution in [2.24, 2.45) is 11.8 Å². The number of nitrogens with one attached hydrogen (secondary N) is 2. The maximum absolute atomic E-state index is 15.2. The number of nitrogens with zero attached hydrogens (tertiary/aromatic N) is 1. The summed E-state index contributed by atoms with van der Waals surface area (Å²) >= 11 is 0. The number of H-pyrrole nitrogens is 1. The summed E-state index contributed by atoms with van der Waals surface area (Å²) in [6, 6.07) is 14.4. The summed E-state index contributed by atoms with van der Waals surface area (Å²) < 4.78 is 17.6. The molecule has 0 radical (unpaired) electrons. The van der Waals surface area contributed by atoms with Gasteiger partial charge in [-0.25, -0.2) is 4.39 Å². The lowest BCUT2D eigenvalue weighted by Gasteiger charge is -2.23. The van der Waals surface area contributed by atoms with Crippen molar-refractivity contribution in [1.82, 2.24) is 10.3 Å². The van der Waals surface area contributed by atoms with Gasteiger partial charge in [0.2, 0.25) is 18.2 Å². The van der Waals surface area contributed by atoms with E-state index in [1.165, 1.54) is 43.2 Å². The fourth-order valence-electron chi connectivity index (χ4n) is 6.37. The van der Waals surface area contributed by atoms with E-state index in [9.17, 15) is 4.79 Å². The zero-order chi connectivity index (χ0) is 24.6. The summed E-state index contributed by atoms with van der Waals surface area (Å²) in [5.41, 5.74) is 6.58. The second-order valence-electron chi connectivity index (χ2n) is 10.8. The Morgan fingerprint density at radius 3 is 2.75 bits per heavy atom. The lowest BCUT2D eigenvalue weighted by molar-refractivity contribution is -0.360. The first kappa shape index (κ1) is 23.2. The Kier molecular flexibility index (Phi) is 6.24. The van der Waals surface area contributed by atoms with Crippen molar-refractivity contribution in [2.45, 2.75) is 64.3 Å². The smallest absolute Gasteiger partial charge is 0.227 e. The molecule has 6 rings (SSSR count). The number of benzene rings is 2. The third kappa shape index (κ3) is 4.63. The highest BCUT2D eigenvalue weighted by Crippen LogP contribution is 2.40. The molecule has 2 aromatic carbocycles. The van der Waals surface area contributed by atoms with Gasteiger partial charge in [0.1, 0.15) is 5.82 Å². The average Bonchev–Trinajstić information content (AvgIpc) is 3.22. The highest BCUT2D eigenvalue weighted by Gasteiger charge is 2.36. The van der Waals surface area contributed by atoms with Gasteiger partial charge < -0.3 is 10.3 Å². The second-order valence-corrected chi connectivity index (χ2v) is 10.8. The van der Waals surface area contributed by atoms with Crippen LogP contribution in [0.1, 0.15) is 63.9 Å². The molecule has 1 fully saturated rings. The van der Waals surface area contributed by atoms with Crippen LogP contribution in [-0.4, -0.2) is 33.8 Å². The van der Waals surface area contributed by atoms with Crippen molar-refractivity contribution in [3.05, 3.63) is 66.2 Å². The number of rotatable bonds is 6. The topological polar surface area (TPSA) is 47.9 Å². The number of carbonyl (C=O) groups is 1. The van der Waals surface area contributed by atoms with Gasteiger partial charge >= 0.3 is 0 Å². The Balaban J connectivity index is 1.24. The average molecular weight is 485 g/mol. The molecule has 36 heavy (non-hydrogen) atoms. The number of allylic oxidation sites excluding steroid dienone is 1. The molecule has 3 aromatic rings. The Bertz CT molecular complexity index is 1350. The third-order valence-electron chi connectivity index (χ3n) is 8.45. The molecule has 0 saturated heterocycles. The monoisotopic (exact) mass is 484 g/mol. The molecule has 4 nitrogen and oxygen atoms in total. The van der Waals surface area contributed by atoms with Gasteiger partial charge in [0.15, 0.2) is 6.20 Å². The molecule has 1 amide bonds. The lowest BCUT2D eigenvalue weighted by atomic mass is 9.81. The van der Waals surface area contributed by atoms with Crippen molar-refractivity contribution in [3.8, 4) is 11.1 Å². The minimum absolute atomic E-state index is 0.168. The molecule has 3 unspecified atom stereocenters. The van der Waals surface area contributed by atoms with Crippen LogP contribution in [0.4, 0.5) is 4.39 Å². The standard InChI is InChI=1S/C31H34FN3O/c1-2-30(36)34-24-11-6-20(17-24)16-23-4-3-5-25-18-35(25)19-28(23)22-9-7-21(8-10-22)26-12-13-29-27(31(26)32)14-15-33-29/h7-10,12-15,19-20,23-24,33H,2-6,11,16-18H2,1H3/p+1. The van der Waals surface area contributed by atoms with Gasteiger partial charge in [0.05, 0.1) is 0 Å². The Hall–Kier alpha value is -3.21. The van der Waals surface area contributed by atoms with E-state index in [0.29, 0.717) is 35.2 Å². The maximum Gasteiger partial charge on any atom is 0.227 e. The maximum atomic E-state index is 15.2. The van der Waals surface area contributed by atoms with Crippen LogP contribution in [0.15, 0.2) is 54.9 Å². The number of aromatic amines is 1. The van der Waals surface area contributed by atoms with E-state index in [4.69, 9.17) is 0 Å². The molecule has 3 atom stereocenters. The molecule has 0 spiro atoms. The Morgan fingerprint density at radius 2 is 1.92 bits per heavy atom. The summed E-state index contributed by atoms with van der Waals surface area (Å²) in [7, 11) is 0. The Morgan fingerprint density at radius 1 is 1.08 bits per heavy atom. The van der Waals surface area contributed by atoms with E-state index in [1.54, 1.807) is 18.0 Å². The zero-order valence-corrected chi connectivity index (χ0v) is 21.0. The highest BCUT2D eigenvalue weighted by molar-refractivity contribution is 5.89. The van der Waals surface area contributed by atoms with Crippen LogP contribution in [-0.2, 0) is 4.79 Å². The first-order chi connectivity index (χ1) is 17.6. The van der Waals surface area contributed by atoms with E-state index in [-0.39, 0.29) is 11.7 Å². The summed E-state index contributed by atoms with van der Waals surface area (Å²) in [6.45, 7) is 3.01. The molecular weight excluding hydrogens is 449 g/mol. The number of carbonyl (C=O) groups excluding carboxylic acids is 1. The van der Waals surface area contributed by atoms with Gasteiger partial charge in [-0.05, 0) is 79.7 Å². The van der Waals surface area contributed by atoms with Gasteiger partial charge in [-0.15, -0.1) is 0 Å². The molecule has 3 heterocycles. The molecule has 1 aliphatic carbocycles. The van der Waals surface area contributed by atoms with Crippen molar-refractivity contribution < 1.29 is 13.8 Å². The van der Waals surface area contributed by atoms with Crippen LogP contribution in [0.25, 0.3) is 27.6 Å². The van der Waals surface area contributed by atoms with Crippen molar-refractivity contribution in [2.75, 3.05) is 6.54 Å². The highest BCUT2D eigenvalue weighted by atomic mass is 19.1. The summed E-state index contributed by atoms with van der Waals surface area (Å²) in [5.74, 6) is 1.17. The van der Waals surface area contributed by atoms with Crippen molar-refractivity contribution >= 4 is 28.1 Å². The first-order valence-electron chi connectivity index (χ1n) is 13.6. The van der Waals surface area contributed by atoms with Crippen LogP contribution in [0.5, 0.6) is 0 Å². The van der Waals surface area contributed by atoms with Crippen LogP contribution >= 0.6 is 0 Å². The number of fused-ring (bicyclic) bond motifs is 1. The molecule has 5 heteroatoms. The summed E-state index contributed by atoms with van der Waals surface area (Å²) in [4.78, 5) is 15.0. The lowest BCUT2D eigenvalue weighted by Crippen LogP contribution is -2.32. The van der Waals surface area contributed by atoms with Gasteiger partial charge in [0, 0.05) is 47.1 Å². The van der Waals surface area contributed by atoms with E-state index >= 15 is 4.39 Å². The van der Waals surface area contributed by atoms with Crippen LogP contribution in [0.2, 0.25) is 0 Å². The van der Waals surface area contributed by atoms with Gasteiger partial charge in [-0.1, -0.05) is 31.2 Å². The number of halogens is 1. The van der Waals surface area contributed by atoms with Gasteiger partial charge in [-0.3, -0.25) is 4.79 Å². The summed E-state index contributed by atoms with van der Waals surface area (Å²) in [6.07, 6.45) is 12.9. The minimum atomic E-state index is -0.168. The second kappa shape index (κ2) is 9.68. The quantitative estimate of drug-likeness (QED) is 0.377.